The molecule has 8 heteroatoms. The Bertz CT molecular complexity index is 390. The van der Waals surface area contributed by atoms with Crippen molar-refractivity contribution in [2.24, 2.45) is 0 Å². The van der Waals surface area contributed by atoms with E-state index in [0.29, 0.717) is 23.5 Å². The highest BCUT2D eigenvalue weighted by Crippen LogP contribution is 2.56. The minimum atomic E-state index is -3.17. The van der Waals surface area contributed by atoms with Crippen molar-refractivity contribution in [2.75, 3.05) is 28.4 Å². The Kier molecular flexibility index (Phi) is 9.63. The third kappa shape index (κ3) is 6.19. The van der Waals surface area contributed by atoms with Gasteiger partial charge in [-0.15, -0.1) is 0 Å². The van der Waals surface area contributed by atoms with Gasteiger partial charge in [0.15, 0.2) is 0 Å². The predicted octanol–water partition coefficient (Wildman–Crippen LogP) is 4.94. The van der Waals surface area contributed by atoms with Crippen LogP contribution in [0.3, 0.4) is 0 Å². The molecule has 0 aliphatic rings. The lowest BCUT2D eigenvalue weighted by molar-refractivity contribution is 0.281. The second-order valence-corrected chi connectivity index (χ2v) is 9.13. The van der Waals surface area contributed by atoms with Crippen molar-refractivity contribution in [3.63, 3.8) is 0 Å². The molecule has 0 rings (SSSR count). The summed E-state index contributed by atoms with van der Waals surface area (Å²) in [6, 6.07) is 0. The summed E-state index contributed by atoms with van der Waals surface area (Å²) < 4.78 is 43.5. The van der Waals surface area contributed by atoms with Gasteiger partial charge in [0.2, 0.25) is 0 Å². The van der Waals surface area contributed by atoms with Crippen molar-refractivity contribution in [3.05, 3.63) is 23.8 Å². The van der Waals surface area contributed by atoms with Crippen LogP contribution >= 0.6 is 15.2 Å². The molecule has 0 radical (unpaired) electrons. The van der Waals surface area contributed by atoms with Gasteiger partial charge < -0.3 is 18.1 Å². The number of rotatable bonds is 12. The summed E-state index contributed by atoms with van der Waals surface area (Å²) in [5.74, 6) is 0. The van der Waals surface area contributed by atoms with Gasteiger partial charge in [-0.2, -0.15) is 0 Å². The zero-order chi connectivity index (χ0) is 16.5. The molecule has 0 bridgehead atoms. The Balaban J connectivity index is 4.09. The molecule has 0 atom stereocenters. The zero-order valence-corrected chi connectivity index (χ0v) is 15.1. The van der Waals surface area contributed by atoms with Crippen molar-refractivity contribution >= 4 is 15.2 Å². The van der Waals surface area contributed by atoms with Crippen molar-refractivity contribution < 1.29 is 27.2 Å². The van der Waals surface area contributed by atoms with E-state index in [-0.39, 0.29) is 0 Å². The second-order valence-electron chi connectivity index (χ2n) is 4.42. The molecule has 21 heavy (non-hydrogen) atoms. The highest BCUT2D eigenvalue weighted by molar-refractivity contribution is 7.58. The molecule has 0 saturated heterocycles. The van der Waals surface area contributed by atoms with Gasteiger partial charge in [-0.3, -0.25) is 9.13 Å². The Hall–Kier alpha value is -0.220. The number of allylic oxidation sites excluding steroid dienone is 2. The van der Waals surface area contributed by atoms with E-state index in [1.54, 1.807) is 0 Å². The first-order valence-corrected chi connectivity index (χ1v) is 9.68. The van der Waals surface area contributed by atoms with E-state index in [2.05, 4.69) is 13.2 Å². The fourth-order valence-electron chi connectivity index (χ4n) is 1.77. The van der Waals surface area contributed by atoms with E-state index in [1.165, 1.54) is 28.4 Å². The van der Waals surface area contributed by atoms with E-state index in [9.17, 15) is 9.13 Å². The van der Waals surface area contributed by atoms with Crippen LogP contribution < -0.4 is 0 Å². The molecule has 0 aliphatic carbocycles. The molecular weight excluding hydrogens is 314 g/mol. The van der Waals surface area contributed by atoms with Crippen molar-refractivity contribution in [2.45, 2.75) is 32.1 Å². The minimum Gasteiger partial charge on any atom is -0.309 e. The van der Waals surface area contributed by atoms with Crippen LogP contribution in [0.1, 0.15) is 32.1 Å². The van der Waals surface area contributed by atoms with Crippen LogP contribution in [0, 0.1) is 0 Å². The first-order chi connectivity index (χ1) is 9.79. The molecule has 0 heterocycles. The van der Waals surface area contributed by atoms with Gasteiger partial charge >= 0.3 is 15.2 Å². The van der Waals surface area contributed by atoms with Gasteiger partial charge in [0, 0.05) is 39.1 Å². The largest absolute Gasteiger partial charge is 0.356 e. The molecule has 0 N–H and O–H groups in total. The van der Waals surface area contributed by atoms with Gasteiger partial charge in [0.05, 0.1) is 0 Å². The van der Waals surface area contributed by atoms with E-state index >= 15 is 0 Å². The minimum absolute atomic E-state index is 0.464. The van der Waals surface area contributed by atoms with Crippen LogP contribution in [0.25, 0.3) is 0 Å². The third-order valence-electron chi connectivity index (χ3n) is 3.17. The fourth-order valence-corrected chi connectivity index (χ4v) is 3.97. The smallest absolute Gasteiger partial charge is 0.309 e. The lowest BCUT2D eigenvalue weighted by Gasteiger charge is -2.17. The van der Waals surface area contributed by atoms with Crippen molar-refractivity contribution in [3.8, 4) is 0 Å². The maximum atomic E-state index is 12.0. The van der Waals surface area contributed by atoms with E-state index < -0.39 is 15.2 Å². The SMILES string of the molecule is C=C(CCCCCC(=C)P(=O)(OC)OC)P(=O)(OC)OC. The molecule has 6 nitrogen and oxygen atoms in total. The van der Waals surface area contributed by atoms with Crippen molar-refractivity contribution in [1.29, 1.82) is 0 Å². The van der Waals surface area contributed by atoms with E-state index in [4.69, 9.17) is 18.1 Å². The average molecular weight is 340 g/mol. The van der Waals surface area contributed by atoms with Crippen LogP contribution in [-0.2, 0) is 27.2 Å². The maximum Gasteiger partial charge on any atom is 0.356 e. The number of hydrogen-bond acceptors (Lipinski definition) is 6. The molecule has 0 fully saturated rings. The predicted molar refractivity (Wildman–Crippen MR) is 84.6 cm³/mol. The first-order valence-electron chi connectivity index (χ1n) is 6.59. The van der Waals surface area contributed by atoms with Crippen LogP contribution in [-0.4, -0.2) is 28.4 Å². The summed E-state index contributed by atoms with van der Waals surface area (Å²) in [5, 5.41) is 0.927. The molecule has 124 valence electrons. The van der Waals surface area contributed by atoms with Gasteiger partial charge in [0.25, 0.3) is 0 Å². The summed E-state index contributed by atoms with van der Waals surface area (Å²) in [6.07, 6.45) is 3.52. The van der Waals surface area contributed by atoms with Gasteiger partial charge in [-0.25, -0.2) is 0 Å². The third-order valence-corrected chi connectivity index (χ3v) is 7.09. The number of hydrogen-bond donors (Lipinski definition) is 0. The lowest BCUT2D eigenvalue weighted by atomic mass is 10.1. The summed E-state index contributed by atoms with van der Waals surface area (Å²) in [7, 11) is -0.986. The molecular formula is C13H26O6P2. The molecule has 0 aromatic heterocycles. The summed E-state index contributed by atoms with van der Waals surface area (Å²) >= 11 is 0. The second kappa shape index (κ2) is 9.73. The maximum absolute atomic E-state index is 12.0. The van der Waals surface area contributed by atoms with Crippen molar-refractivity contribution in [1.82, 2.24) is 0 Å². The molecule has 0 aromatic rings. The Morgan fingerprint density at radius 1 is 0.714 bits per heavy atom. The Morgan fingerprint density at radius 2 is 1.00 bits per heavy atom. The zero-order valence-electron chi connectivity index (χ0n) is 13.3. The standard InChI is InChI=1S/C13H26O6P2/c1-12(20(14,16-3)17-4)10-8-7-9-11-13(2)21(15,18-5)19-6/h1-2,7-11H2,3-6H3. The molecule has 0 aliphatic heterocycles. The highest BCUT2D eigenvalue weighted by atomic mass is 31.2. The van der Waals surface area contributed by atoms with Gasteiger partial charge in [0.1, 0.15) is 0 Å². The van der Waals surface area contributed by atoms with E-state index in [1.807, 2.05) is 0 Å². The molecule has 0 spiro atoms. The quantitative estimate of drug-likeness (QED) is 0.370. The molecule has 0 aromatic carbocycles. The number of unbranched alkanes of at least 4 members (excludes halogenated alkanes) is 2. The molecule has 0 amide bonds. The summed E-state index contributed by atoms with van der Waals surface area (Å²) in [5.41, 5.74) is 0. The highest BCUT2D eigenvalue weighted by Gasteiger charge is 2.26. The molecule has 0 unspecified atom stereocenters. The van der Waals surface area contributed by atoms with E-state index in [0.717, 1.165) is 19.3 Å². The van der Waals surface area contributed by atoms with Crippen LogP contribution in [0.2, 0.25) is 0 Å². The van der Waals surface area contributed by atoms with Crippen LogP contribution in [0.4, 0.5) is 0 Å². The fraction of sp³-hybridized carbons (Fsp3) is 0.692. The van der Waals surface area contributed by atoms with Gasteiger partial charge in [-0.1, -0.05) is 19.6 Å². The van der Waals surface area contributed by atoms with Crippen LogP contribution in [0.15, 0.2) is 23.8 Å². The van der Waals surface area contributed by atoms with Crippen LogP contribution in [0.5, 0.6) is 0 Å². The lowest BCUT2D eigenvalue weighted by Crippen LogP contribution is -1.94. The first kappa shape index (κ1) is 20.8. The molecule has 0 saturated carbocycles. The normalized spacial score (nSPS) is 12.4. The summed E-state index contributed by atoms with van der Waals surface area (Å²) in [4.78, 5) is 0. The average Bonchev–Trinajstić information content (AvgIpc) is 2.52. The van der Waals surface area contributed by atoms with Gasteiger partial charge in [-0.05, 0) is 25.7 Å². The Morgan fingerprint density at radius 3 is 1.24 bits per heavy atom. The summed E-state index contributed by atoms with van der Waals surface area (Å²) in [6.45, 7) is 7.50. The Labute approximate surface area is 127 Å². The topological polar surface area (TPSA) is 71.1 Å². The monoisotopic (exact) mass is 340 g/mol.